The molecule has 1 unspecified atom stereocenters. The van der Waals surface area contributed by atoms with Crippen LogP contribution in [0.15, 0.2) is 28.7 Å². The average Bonchev–Trinajstić information content (AvgIpc) is 2.93. The Hall–Kier alpha value is -1.68. The van der Waals surface area contributed by atoms with Gasteiger partial charge < -0.3 is 9.73 Å². The summed E-state index contributed by atoms with van der Waals surface area (Å²) >= 11 is 0. The van der Waals surface area contributed by atoms with Gasteiger partial charge in [-0.15, -0.1) is 0 Å². The van der Waals surface area contributed by atoms with E-state index in [0.29, 0.717) is 17.9 Å². The lowest BCUT2D eigenvalue weighted by atomic mass is 10.0. The highest BCUT2D eigenvalue weighted by Gasteiger charge is 2.22. The van der Waals surface area contributed by atoms with Gasteiger partial charge in [0.1, 0.15) is 23.2 Å². The van der Waals surface area contributed by atoms with Gasteiger partial charge >= 0.3 is 0 Å². The van der Waals surface area contributed by atoms with Gasteiger partial charge in [0.2, 0.25) is 0 Å². The Balaban J connectivity index is 2.42. The van der Waals surface area contributed by atoms with E-state index in [2.05, 4.69) is 5.32 Å². The molecule has 0 saturated carbocycles. The first-order valence-electron chi connectivity index (χ1n) is 7.34. The Bertz CT molecular complexity index is 607. The highest BCUT2D eigenvalue weighted by molar-refractivity contribution is 5.32. The predicted octanol–water partition coefficient (Wildman–Crippen LogP) is 4.52. The van der Waals surface area contributed by atoms with Gasteiger partial charge in [-0.2, -0.15) is 0 Å². The van der Waals surface area contributed by atoms with Gasteiger partial charge in [0, 0.05) is 12.0 Å². The molecule has 0 fully saturated rings. The molecule has 1 aromatic carbocycles. The van der Waals surface area contributed by atoms with Crippen molar-refractivity contribution in [2.45, 2.75) is 39.7 Å². The number of hydrogen-bond acceptors (Lipinski definition) is 2. The van der Waals surface area contributed by atoms with E-state index in [4.69, 9.17) is 4.42 Å². The van der Waals surface area contributed by atoms with E-state index in [-0.39, 0.29) is 5.56 Å². The highest BCUT2D eigenvalue weighted by atomic mass is 19.1. The van der Waals surface area contributed by atoms with Crippen LogP contribution in [0.5, 0.6) is 0 Å². The number of halogens is 2. The molecule has 0 aliphatic rings. The molecule has 0 amide bonds. The van der Waals surface area contributed by atoms with E-state index in [1.807, 2.05) is 26.0 Å². The number of aryl methyl sites for hydroxylation is 2. The Morgan fingerprint density at radius 2 is 1.90 bits per heavy atom. The van der Waals surface area contributed by atoms with Crippen LogP contribution < -0.4 is 5.32 Å². The van der Waals surface area contributed by atoms with Crippen molar-refractivity contribution in [2.75, 3.05) is 6.54 Å². The van der Waals surface area contributed by atoms with Crippen molar-refractivity contribution in [1.29, 1.82) is 0 Å². The maximum atomic E-state index is 14.2. The fourth-order valence-corrected chi connectivity index (χ4v) is 2.28. The van der Waals surface area contributed by atoms with Crippen molar-refractivity contribution in [3.05, 3.63) is 58.5 Å². The van der Waals surface area contributed by atoms with Crippen LogP contribution in [0, 0.1) is 18.6 Å². The molecule has 0 saturated heterocycles. The van der Waals surface area contributed by atoms with Crippen LogP contribution in [-0.2, 0) is 6.42 Å². The second-order valence-electron chi connectivity index (χ2n) is 5.17. The van der Waals surface area contributed by atoms with Crippen LogP contribution in [-0.4, -0.2) is 6.54 Å². The molecule has 1 atom stereocenters. The Labute approximate surface area is 124 Å². The lowest BCUT2D eigenvalue weighted by molar-refractivity contribution is 0.413. The smallest absolute Gasteiger partial charge is 0.128 e. The summed E-state index contributed by atoms with van der Waals surface area (Å²) in [5.41, 5.74) is 0.586. The number of hydrogen-bond donors (Lipinski definition) is 1. The van der Waals surface area contributed by atoms with Gasteiger partial charge in [-0.3, -0.25) is 0 Å². The normalized spacial score (nSPS) is 12.6. The molecule has 1 N–H and O–H groups in total. The number of nitrogens with one attached hydrogen (secondary N) is 1. The minimum atomic E-state index is -0.472. The fraction of sp³-hybridized carbons (Fsp3) is 0.412. The summed E-state index contributed by atoms with van der Waals surface area (Å²) in [6.07, 6.45) is 1.67. The van der Waals surface area contributed by atoms with E-state index < -0.39 is 17.7 Å². The molecule has 0 aliphatic heterocycles. The van der Waals surface area contributed by atoms with Crippen molar-refractivity contribution in [3.63, 3.8) is 0 Å². The summed E-state index contributed by atoms with van der Waals surface area (Å²) in [6, 6.07) is 5.71. The first-order chi connectivity index (χ1) is 10.1. The molecule has 2 nitrogen and oxygen atoms in total. The Kier molecular flexibility index (Phi) is 5.12. The lowest BCUT2D eigenvalue weighted by Gasteiger charge is -2.18. The average molecular weight is 293 g/mol. The summed E-state index contributed by atoms with van der Waals surface area (Å²) in [6.45, 7) is 6.26. The monoisotopic (exact) mass is 293 g/mol. The summed E-state index contributed by atoms with van der Waals surface area (Å²) < 4.78 is 33.8. The maximum Gasteiger partial charge on any atom is 0.128 e. The van der Waals surface area contributed by atoms with E-state index in [1.54, 1.807) is 6.92 Å². The van der Waals surface area contributed by atoms with Gasteiger partial charge in [-0.25, -0.2) is 8.78 Å². The van der Waals surface area contributed by atoms with Crippen molar-refractivity contribution in [3.8, 4) is 0 Å². The quantitative estimate of drug-likeness (QED) is 0.847. The Morgan fingerprint density at radius 1 is 1.14 bits per heavy atom. The van der Waals surface area contributed by atoms with Gasteiger partial charge in [-0.1, -0.05) is 13.8 Å². The second-order valence-corrected chi connectivity index (χ2v) is 5.17. The summed E-state index contributed by atoms with van der Waals surface area (Å²) in [4.78, 5) is 0. The third-order valence-electron chi connectivity index (χ3n) is 3.50. The maximum absolute atomic E-state index is 14.2. The summed E-state index contributed by atoms with van der Waals surface area (Å²) in [5, 5.41) is 3.23. The molecule has 21 heavy (non-hydrogen) atoms. The third-order valence-corrected chi connectivity index (χ3v) is 3.50. The van der Waals surface area contributed by atoms with Crippen LogP contribution in [0.1, 0.15) is 49.0 Å². The van der Waals surface area contributed by atoms with Gasteiger partial charge in [0.25, 0.3) is 0 Å². The van der Waals surface area contributed by atoms with Crippen molar-refractivity contribution < 1.29 is 13.2 Å². The van der Waals surface area contributed by atoms with Gasteiger partial charge in [0.15, 0.2) is 0 Å². The third kappa shape index (κ3) is 3.50. The summed E-state index contributed by atoms with van der Waals surface area (Å²) in [7, 11) is 0. The summed E-state index contributed by atoms with van der Waals surface area (Å²) in [5.74, 6) is 0.623. The molecule has 0 spiro atoms. The van der Waals surface area contributed by atoms with Crippen LogP contribution in [0.2, 0.25) is 0 Å². The molecule has 0 radical (unpaired) electrons. The lowest BCUT2D eigenvalue weighted by Crippen LogP contribution is -2.24. The molecule has 114 valence electrons. The molecular weight excluding hydrogens is 272 g/mol. The number of benzene rings is 1. The zero-order valence-corrected chi connectivity index (χ0v) is 12.7. The number of furan rings is 1. The first kappa shape index (κ1) is 15.7. The van der Waals surface area contributed by atoms with Crippen molar-refractivity contribution in [1.82, 2.24) is 5.32 Å². The zero-order chi connectivity index (χ0) is 15.4. The van der Waals surface area contributed by atoms with Crippen molar-refractivity contribution >= 4 is 0 Å². The van der Waals surface area contributed by atoms with E-state index in [9.17, 15) is 8.78 Å². The minimum Gasteiger partial charge on any atom is -0.464 e. The van der Waals surface area contributed by atoms with Crippen LogP contribution in [0.25, 0.3) is 0 Å². The SMILES string of the molecule is CCCNC(c1ccc(CC)o1)c1cc(F)c(C)cc1F. The van der Waals surface area contributed by atoms with Crippen molar-refractivity contribution in [2.24, 2.45) is 0 Å². The Morgan fingerprint density at radius 3 is 2.52 bits per heavy atom. The minimum absolute atomic E-state index is 0.281. The largest absolute Gasteiger partial charge is 0.464 e. The molecule has 1 heterocycles. The molecule has 0 aliphatic carbocycles. The second kappa shape index (κ2) is 6.85. The fourth-order valence-electron chi connectivity index (χ4n) is 2.28. The molecule has 2 aromatic rings. The van der Waals surface area contributed by atoms with Gasteiger partial charge in [0.05, 0.1) is 6.04 Å². The van der Waals surface area contributed by atoms with E-state index in [1.165, 1.54) is 12.1 Å². The van der Waals surface area contributed by atoms with Gasteiger partial charge in [-0.05, 0) is 49.7 Å². The van der Waals surface area contributed by atoms with Crippen LogP contribution >= 0.6 is 0 Å². The molecule has 2 rings (SSSR count). The molecule has 1 aromatic heterocycles. The molecule has 4 heteroatoms. The van der Waals surface area contributed by atoms with E-state index in [0.717, 1.165) is 18.6 Å². The topological polar surface area (TPSA) is 25.2 Å². The predicted molar refractivity (Wildman–Crippen MR) is 79.3 cm³/mol. The first-order valence-corrected chi connectivity index (χ1v) is 7.34. The highest BCUT2D eigenvalue weighted by Crippen LogP contribution is 2.28. The zero-order valence-electron chi connectivity index (χ0n) is 12.7. The van der Waals surface area contributed by atoms with E-state index >= 15 is 0 Å². The molecule has 0 bridgehead atoms. The molecular formula is C17H21F2NO. The van der Waals surface area contributed by atoms with Crippen LogP contribution in [0.3, 0.4) is 0 Å². The standard InChI is InChI=1S/C17H21F2NO/c1-4-8-20-17(16-7-6-12(5-2)21-16)13-10-14(18)11(3)9-15(13)19/h6-7,9-10,17,20H,4-5,8H2,1-3H3. The van der Waals surface area contributed by atoms with Crippen LogP contribution in [0.4, 0.5) is 8.78 Å². The number of rotatable bonds is 6.